The number of carbonyl (C=O) groups excluding carboxylic acids is 1. The van der Waals surface area contributed by atoms with Crippen LogP contribution < -0.4 is 5.43 Å². The molecule has 0 heterocycles. The first-order valence-corrected chi connectivity index (χ1v) is 6.75. The smallest absolute Gasteiger partial charge is 0.267 e. The zero-order chi connectivity index (χ0) is 14.2. The molecule has 0 saturated carbocycles. The molecule has 2 aromatic rings. The summed E-state index contributed by atoms with van der Waals surface area (Å²) in [4.78, 5) is 11.7. The minimum Gasteiger partial charge on any atom is -0.267 e. The first kappa shape index (κ1) is 14.3. The molecule has 0 spiro atoms. The second kappa shape index (κ2) is 7.46. The lowest BCUT2D eigenvalue weighted by atomic mass is 10.1. The van der Waals surface area contributed by atoms with Crippen LogP contribution >= 0.6 is 11.6 Å². The molecule has 0 aliphatic carbocycles. The first-order valence-electron chi connectivity index (χ1n) is 6.37. The van der Waals surface area contributed by atoms with Crippen molar-refractivity contribution in [2.45, 2.75) is 12.8 Å². The van der Waals surface area contributed by atoms with Gasteiger partial charge in [0.05, 0.1) is 0 Å². The maximum atomic E-state index is 11.7. The van der Waals surface area contributed by atoms with E-state index in [9.17, 15) is 4.79 Å². The molecule has 0 unspecified atom stereocenters. The number of carbonyl (C=O) groups is 1. The Hall–Kier alpha value is -2.13. The Morgan fingerprint density at radius 3 is 2.70 bits per heavy atom. The summed E-state index contributed by atoms with van der Waals surface area (Å²) in [5.41, 5.74) is 4.23. The van der Waals surface area contributed by atoms with E-state index < -0.39 is 0 Å². The Labute approximate surface area is 123 Å². The van der Waals surface area contributed by atoms with Crippen molar-refractivity contribution in [3.63, 3.8) is 0 Å². The van der Waals surface area contributed by atoms with Gasteiger partial charge in [-0.3, -0.25) is 4.79 Å². The largest absolute Gasteiger partial charge is 0.271 e. The molecule has 0 fully saturated rings. The molecule has 0 aliphatic rings. The summed E-state index contributed by atoms with van der Waals surface area (Å²) < 4.78 is 0. The van der Waals surface area contributed by atoms with Crippen LogP contribution in [-0.4, -0.2) is 12.1 Å². The third-order valence-corrected chi connectivity index (χ3v) is 2.98. The highest BCUT2D eigenvalue weighted by atomic mass is 35.5. The quantitative estimate of drug-likeness (QED) is 0.661. The average molecular weight is 287 g/mol. The van der Waals surface area contributed by atoms with Gasteiger partial charge in [0.1, 0.15) is 0 Å². The fraction of sp³-hybridized carbons (Fsp3) is 0.125. The number of nitrogens with one attached hydrogen (secondary N) is 1. The predicted molar refractivity (Wildman–Crippen MR) is 82.2 cm³/mol. The fourth-order valence-electron chi connectivity index (χ4n) is 1.74. The van der Waals surface area contributed by atoms with Crippen LogP contribution in [0.5, 0.6) is 0 Å². The highest BCUT2D eigenvalue weighted by Gasteiger charge is 2.03. The van der Waals surface area contributed by atoms with Crippen molar-refractivity contribution in [1.82, 2.24) is 5.43 Å². The second-order valence-corrected chi connectivity index (χ2v) is 4.72. The lowest BCUT2D eigenvalue weighted by Gasteiger charge is -2.00. The summed E-state index contributed by atoms with van der Waals surface area (Å²) in [7, 11) is 0. The molecule has 2 rings (SSSR count). The van der Waals surface area contributed by atoms with Gasteiger partial charge in [-0.25, -0.2) is 5.43 Å². The van der Waals surface area contributed by atoms with E-state index in [0.717, 1.165) is 12.8 Å². The van der Waals surface area contributed by atoms with Crippen molar-refractivity contribution in [3.05, 3.63) is 70.7 Å². The lowest BCUT2D eigenvalue weighted by molar-refractivity contribution is 0.0955. The molecule has 20 heavy (non-hydrogen) atoms. The van der Waals surface area contributed by atoms with Crippen molar-refractivity contribution in [2.24, 2.45) is 5.10 Å². The van der Waals surface area contributed by atoms with Crippen LogP contribution in [0.3, 0.4) is 0 Å². The van der Waals surface area contributed by atoms with E-state index in [1.165, 1.54) is 5.56 Å². The molecule has 0 radical (unpaired) electrons. The summed E-state index contributed by atoms with van der Waals surface area (Å²) in [6.07, 6.45) is 3.38. The van der Waals surface area contributed by atoms with Crippen molar-refractivity contribution < 1.29 is 4.79 Å². The maximum absolute atomic E-state index is 11.7. The third-order valence-electron chi connectivity index (χ3n) is 2.75. The number of rotatable bonds is 5. The van der Waals surface area contributed by atoms with E-state index >= 15 is 0 Å². The molecule has 0 saturated heterocycles. The highest BCUT2D eigenvalue weighted by Crippen LogP contribution is 2.10. The van der Waals surface area contributed by atoms with Gasteiger partial charge in [-0.1, -0.05) is 48.0 Å². The van der Waals surface area contributed by atoms with Crippen LogP contribution in [0.15, 0.2) is 59.7 Å². The standard InChI is InChI=1S/C16H15ClN2O/c17-15-10-4-9-14(12-15)16(20)19-18-11-5-8-13-6-2-1-3-7-13/h1-4,6-7,9-12H,5,8H2,(H,19,20)/b18-11-. The molecule has 1 N–H and O–H groups in total. The topological polar surface area (TPSA) is 41.5 Å². The number of hydrogen-bond acceptors (Lipinski definition) is 2. The van der Waals surface area contributed by atoms with Gasteiger partial charge in [0.2, 0.25) is 0 Å². The fourth-order valence-corrected chi connectivity index (χ4v) is 1.93. The summed E-state index contributed by atoms with van der Waals surface area (Å²) in [6, 6.07) is 16.9. The molecule has 0 bridgehead atoms. The SMILES string of the molecule is O=C(N/N=C\CCc1ccccc1)c1cccc(Cl)c1. The predicted octanol–water partition coefficient (Wildman–Crippen LogP) is 3.69. The van der Waals surface area contributed by atoms with Gasteiger partial charge in [-0.05, 0) is 36.6 Å². The number of benzene rings is 2. The third kappa shape index (κ3) is 4.52. The molecular formula is C16H15ClN2O. The van der Waals surface area contributed by atoms with Gasteiger partial charge in [-0.15, -0.1) is 0 Å². The normalized spacial score (nSPS) is 10.7. The van der Waals surface area contributed by atoms with Crippen LogP contribution in [0.4, 0.5) is 0 Å². The van der Waals surface area contributed by atoms with Gasteiger partial charge in [-0.2, -0.15) is 5.10 Å². The summed E-state index contributed by atoms with van der Waals surface area (Å²) >= 11 is 5.82. The summed E-state index contributed by atoms with van der Waals surface area (Å²) in [5.74, 6) is -0.261. The van der Waals surface area contributed by atoms with E-state index in [2.05, 4.69) is 22.7 Å². The molecule has 1 amide bonds. The van der Waals surface area contributed by atoms with Gasteiger partial charge in [0.15, 0.2) is 0 Å². The Morgan fingerprint density at radius 1 is 1.15 bits per heavy atom. The van der Waals surface area contributed by atoms with E-state index in [1.54, 1.807) is 30.5 Å². The lowest BCUT2D eigenvalue weighted by Crippen LogP contribution is -2.17. The average Bonchev–Trinajstić information content (AvgIpc) is 2.48. The number of nitrogens with zero attached hydrogens (tertiary/aromatic N) is 1. The number of hydrogen-bond donors (Lipinski definition) is 1. The zero-order valence-corrected chi connectivity index (χ0v) is 11.7. The number of amides is 1. The molecule has 2 aromatic carbocycles. The monoisotopic (exact) mass is 286 g/mol. The zero-order valence-electron chi connectivity index (χ0n) is 10.9. The minimum atomic E-state index is -0.261. The second-order valence-electron chi connectivity index (χ2n) is 4.29. The van der Waals surface area contributed by atoms with E-state index in [0.29, 0.717) is 10.6 Å². The van der Waals surface area contributed by atoms with Crippen LogP contribution in [-0.2, 0) is 6.42 Å². The molecule has 0 atom stereocenters. The van der Waals surface area contributed by atoms with Crippen LogP contribution in [0.1, 0.15) is 22.3 Å². The van der Waals surface area contributed by atoms with Gasteiger partial charge >= 0.3 is 0 Å². The van der Waals surface area contributed by atoms with Crippen LogP contribution in [0.2, 0.25) is 5.02 Å². The minimum absolute atomic E-state index is 0.261. The Kier molecular flexibility index (Phi) is 5.33. The van der Waals surface area contributed by atoms with Crippen molar-refractivity contribution in [1.29, 1.82) is 0 Å². The highest BCUT2D eigenvalue weighted by molar-refractivity contribution is 6.30. The summed E-state index contributed by atoms with van der Waals surface area (Å²) in [5, 5.41) is 4.46. The molecule has 0 aromatic heterocycles. The van der Waals surface area contributed by atoms with E-state index in [-0.39, 0.29) is 5.91 Å². The molecule has 4 heteroatoms. The number of aryl methyl sites for hydroxylation is 1. The molecule has 102 valence electrons. The number of hydrazone groups is 1. The van der Waals surface area contributed by atoms with Crippen molar-refractivity contribution in [3.8, 4) is 0 Å². The van der Waals surface area contributed by atoms with Gasteiger partial charge in [0, 0.05) is 16.8 Å². The first-order chi connectivity index (χ1) is 9.75. The Bertz CT molecular complexity index is 596. The van der Waals surface area contributed by atoms with Gasteiger partial charge < -0.3 is 0 Å². The van der Waals surface area contributed by atoms with Crippen molar-refractivity contribution in [2.75, 3.05) is 0 Å². The number of halogens is 1. The van der Waals surface area contributed by atoms with E-state index in [4.69, 9.17) is 11.6 Å². The summed E-state index contributed by atoms with van der Waals surface area (Å²) in [6.45, 7) is 0. The van der Waals surface area contributed by atoms with Crippen LogP contribution in [0, 0.1) is 0 Å². The van der Waals surface area contributed by atoms with Crippen LogP contribution in [0.25, 0.3) is 0 Å². The molecule has 3 nitrogen and oxygen atoms in total. The maximum Gasteiger partial charge on any atom is 0.271 e. The Balaban J connectivity index is 1.77. The van der Waals surface area contributed by atoms with Crippen molar-refractivity contribution >= 4 is 23.7 Å². The van der Waals surface area contributed by atoms with E-state index in [1.807, 2.05) is 18.2 Å². The molecule has 0 aliphatic heterocycles. The molecular weight excluding hydrogens is 272 g/mol. The van der Waals surface area contributed by atoms with Gasteiger partial charge in [0.25, 0.3) is 5.91 Å². The Morgan fingerprint density at radius 2 is 1.95 bits per heavy atom.